The second-order valence-electron chi connectivity index (χ2n) is 8.64. The van der Waals surface area contributed by atoms with Crippen LogP contribution in [0, 0.1) is 0 Å². The van der Waals surface area contributed by atoms with Crippen LogP contribution in [0.5, 0.6) is 5.75 Å². The molecule has 1 aromatic carbocycles. The third kappa shape index (κ3) is 7.61. The van der Waals surface area contributed by atoms with E-state index in [2.05, 4.69) is 16.9 Å². The molecule has 0 atom stereocenters. The molecule has 2 amide bonds. The first-order valence-corrected chi connectivity index (χ1v) is 12.2. The van der Waals surface area contributed by atoms with E-state index in [4.69, 9.17) is 9.47 Å². The minimum absolute atomic E-state index is 0.0628. The Bertz CT molecular complexity index is 1060. The standard InChI is InChI=1S/C23H34N4O5S/c1-7-11-26(21(28)25-23(2,3)4)16-19-15-24-22(27(19)12-13-31-5)33(29,30)17-18-9-8-10-20(14-18)32-6/h7-10,14-15H,1,11-13,16-17H2,2-6H3,(H,25,28). The van der Waals surface area contributed by atoms with E-state index in [1.807, 2.05) is 20.8 Å². The quantitative estimate of drug-likeness (QED) is 0.498. The average Bonchev–Trinajstić information content (AvgIpc) is 3.14. The fraction of sp³-hybridized carbons (Fsp3) is 0.478. The summed E-state index contributed by atoms with van der Waals surface area (Å²) >= 11 is 0. The fourth-order valence-electron chi connectivity index (χ4n) is 3.20. The van der Waals surface area contributed by atoms with Crippen LogP contribution in [-0.2, 0) is 33.4 Å². The maximum atomic E-state index is 13.3. The van der Waals surface area contributed by atoms with Crippen LogP contribution < -0.4 is 10.1 Å². The van der Waals surface area contributed by atoms with Gasteiger partial charge in [-0.2, -0.15) is 0 Å². The first kappa shape index (κ1) is 26.4. The minimum atomic E-state index is -3.77. The van der Waals surface area contributed by atoms with Crippen LogP contribution in [0.15, 0.2) is 48.3 Å². The number of nitrogens with zero attached hydrogens (tertiary/aromatic N) is 3. The van der Waals surface area contributed by atoms with E-state index in [0.717, 1.165) is 0 Å². The second kappa shape index (κ2) is 11.3. The number of carbonyl (C=O) groups excluding carboxylic acids is 1. The molecule has 9 nitrogen and oxygen atoms in total. The van der Waals surface area contributed by atoms with Crippen molar-refractivity contribution >= 4 is 15.9 Å². The number of methoxy groups -OCH3 is 2. The lowest BCUT2D eigenvalue weighted by molar-refractivity contribution is 0.178. The summed E-state index contributed by atoms with van der Waals surface area (Å²) < 4.78 is 38.5. The zero-order valence-corrected chi connectivity index (χ0v) is 20.8. The van der Waals surface area contributed by atoms with Gasteiger partial charge in [0.05, 0.1) is 37.9 Å². The van der Waals surface area contributed by atoms with Gasteiger partial charge in [-0.05, 0) is 38.5 Å². The number of hydrogen-bond acceptors (Lipinski definition) is 6. The Morgan fingerprint density at radius 3 is 2.64 bits per heavy atom. The van der Waals surface area contributed by atoms with Crippen LogP contribution in [0.25, 0.3) is 0 Å². The van der Waals surface area contributed by atoms with Crippen molar-refractivity contribution in [2.45, 2.75) is 50.3 Å². The molecule has 0 spiro atoms. The molecule has 0 saturated carbocycles. The third-order valence-corrected chi connectivity index (χ3v) is 6.26. The zero-order valence-electron chi connectivity index (χ0n) is 20.0. The van der Waals surface area contributed by atoms with Gasteiger partial charge in [0.2, 0.25) is 15.0 Å². The number of amides is 2. The number of aromatic nitrogens is 2. The van der Waals surface area contributed by atoms with Gasteiger partial charge in [0.1, 0.15) is 5.75 Å². The van der Waals surface area contributed by atoms with E-state index in [9.17, 15) is 13.2 Å². The predicted molar refractivity (Wildman–Crippen MR) is 127 cm³/mol. The van der Waals surface area contributed by atoms with Gasteiger partial charge in [0.25, 0.3) is 0 Å². The largest absolute Gasteiger partial charge is 0.497 e. The highest BCUT2D eigenvalue weighted by Crippen LogP contribution is 2.21. The van der Waals surface area contributed by atoms with E-state index in [1.165, 1.54) is 13.3 Å². The smallest absolute Gasteiger partial charge is 0.318 e. The van der Waals surface area contributed by atoms with E-state index in [-0.39, 0.29) is 30.0 Å². The molecule has 0 fully saturated rings. The highest BCUT2D eigenvalue weighted by Gasteiger charge is 2.26. The fourth-order valence-corrected chi connectivity index (χ4v) is 4.71. The summed E-state index contributed by atoms with van der Waals surface area (Å²) in [5, 5.41) is 2.86. The number of urea groups is 1. The summed E-state index contributed by atoms with van der Waals surface area (Å²) in [4.78, 5) is 18.5. The Hall–Kier alpha value is -2.85. The van der Waals surface area contributed by atoms with Gasteiger partial charge in [-0.3, -0.25) is 0 Å². The van der Waals surface area contributed by atoms with Crippen molar-refractivity contribution in [3.8, 4) is 5.75 Å². The van der Waals surface area contributed by atoms with E-state index >= 15 is 0 Å². The number of carbonyl (C=O) groups is 1. The number of sulfone groups is 1. The molecule has 1 aromatic heterocycles. The van der Waals surface area contributed by atoms with Crippen LogP contribution in [0.2, 0.25) is 0 Å². The molecule has 1 heterocycles. The first-order valence-electron chi connectivity index (χ1n) is 10.6. The maximum Gasteiger partial charge on any atom is 0.318 e. The lowest BCUT2D eigenvalue weighted by atomic mass is 10.1. The Kier molecular flexibility index (Phi) is 9.07. The molecule has 0 saturated heterocycles. The minimum Gasteiger partial charge on any atom is -0.497 e. The summed E-state index contributed by atoms with van der Waals surface area (Å²) in [6, 6.07) is 6.64. The molecule has 10 heteroatoms. The SMILES string of the molecule is C=CCN(Cc1cnc(S(=O)(=O)Cc2cccc(OC)c2)n1CCOC)C(=O)NC(C)(C)C. The molecule has 0 aliphatic rings. The number of benzene rings is 1. The molecule has 33 heavy (non-hydrogen) atoms. The summed E-state index contributed by atoms with van der Waals surface area (Å²) in [5.41, 5.74) is 0.759. The Morgan fingerprint density at radius 2 is 2.03 bits per heavy atom. The number of imidazole rings is 1. The maximum absolute atomic E-state index is 13.3. The van der Waals surface area contributed by atoms with Crippen LogP contribution in [0.1, 0.15) is 32.0 Å². The van der Waals surface area contributed by atoms with Crippen molar-refractivity contribution < 1.29 is 22.7 Å². The normalized spacial score (nSPS) is 11.8. The van der Waals surface area contributed by atoms with Crippen molar-refractivity contribution in [3.05, 3.63) is 54.4 Å². The highest BCUT2D eigenvalue weighted by atomic mass is 32.2. The molecule has 2 rings (SSSR count). The van der Waals surface area contributed by atoms with Crippen LogP contribution in [0.4, 0.5) is 4.79 Å². The first-order chi connectivity index (χ1) is 15.5. The molecule has 0 radical (unpaired) electrons. The number of rotatable bonds is 11. The molecule has 0 unspecified atom stereocenters. The van der Waals surface area contributed by atoms with Crippen molar-refractivity contribution in [2.75, 3.05) is 27.4 Å². The van der Waals surface area contributed by atoms with Gasteiger partial charge in [-0.1, -0.05) is 18.2 Å². The summed E-state index contributed by atoms with van der Waals surface area (Å²) in [6.07, 6.45) is 3.12. The Morgan fingerprint density at radius 1 is 1.30 bits per heavy atom. The van der Waals surface area contributed by atoms with Crippen molar-refractivity contribution in [1.82, 2.24) is 19.8 Å². The van der Waals surface area contributed by atoms with Gasteiger partial charge in [0, 0.05) is 25.7 Å². The van der Waals surface area contributed by atoms with Gasteiger partial charge in [-0.25, -0.2) is 18.2 Å². The second-order valence-corrected chi connectivity index (χ2v) is 10.5. The summed E-state index contributed by atoms with van der Waals surface area (Å²) in [7, 11) is -0.701. The van der Waals surface area contributed by atoms with Crippen molar-refractivity contribution in [1.29, 1.82) is 0 Å². The van der Waals surface area contributed by atoms with Crippen molar-refractivity contribution in [2.24, 2.45) is 0 Å². The zero-order chi connectivity index (χ0) is 24.6. The van der Waals surface area contributed by atoms with Gasteiger partial charge in [-0.15, -0.1) is 6.58 Å². The van der Waals surface area contributed by atoms with Gasteiger partial charge in [0.15, 0.2) is 0 Å². The Labute approximate surface area is 196 Å². The molecule has 2 aromatic rings. The van der Waals surface area contributed by atoms with Crippen LogP contribution in [-0.4, -0.2) is 61.8 Å². The third-order valence-electron chi connectivity index (χ3n) is 4.66. The molecule has 182 valence electrons. The number of hydrogen-bond donors (Lipinski definition) is 1. The highest BCUT2D eigenvalue weighted by molar-refractivity contribution is 7.90. The average molecular weight is 479 g/mol. The molecular formula is C23H34N4O5S. The molecule has 1 N–H and O–H groups in total. The lowest BCUT2D eigenvalue weighted by Crippen LogP contribution is -2.48. The molecule has 0 aliphatic carbocycles. The molecule has 0 bridgehead atoms. The molecular weight excluding hydrogens is 444 g/mol. The summed E-state index contributed by atoms with van der Waals surface area (Å²) in [6.45, 7) is 10.4. The van der Waals surface area contributed by atoms with E-state index < -0.39 is 15.4 Å². The monoisotopic (exact) mass is 478 g/mol. The Balaban J connectivity index is 2.38. The topological polar surface area (TPSA) is 103 Å². The summed E-state index contributed by atoms with van der Waals surface area (Å²) in [5.74, 6) is 0.352. The van der Waals surface area contributed by atoms with Gasteiger partial charge >= 0.3 is 6.03 Å². The molecule has 0 aliphatic heterocycles. The number of nitrogens with one attached hydrogen (secondary N) is 1. The van der Waals surface area contributed by atoms with Crippen LogP contribution in [0.3, 0.4) is 0 Å². The van der Waals surface area contributed by atoms with Gasteiger partial charge < -0.3 is 24.3 Å². The van der Waals surface area contributed by atoms with E-state index in [0.29, 0.717) is 30.2 Å². The van der Waals surface area contributed by atoms with Crippen molar-refractivity contribution in [3.63, 3.8) is 0 Å². The number of ether oxygens (including phenoxy) is 2. The van der Waals surface area contributed by atoms with E-state index in [1.54, 1.807) is 46.9 Å². The lowest BCUT2D eigenvalue weighted by Gasteiger charge is -2.28. The predicted octanol–water partition coefficient (Wildman–Crippen LogP) is 3.01. The van der Waals surface area contributed by atoms with Crippen LogP contribution >= 0.6 is 0 Å².